The van der Waals surface area contributed by atoms with Gasteiger partial charge in [-0.25, -0.2) is 4.79 Å². The molecule has 0 aliphatic rings. The minimum atomic E-state index is -0.695. The Balaban J connectivity index is 2.63. The van der Waals surface area contributed by atoms with Crippen molar-refractivity contribution in [3.8, 4) is 0 Å². The summed E-state index contributed by atoms with van der Waals surface area (Å²) in [7, 11) is 0. The summed E-state index contributed by atoms with van der Waals surface area (Å²) in [5.41, 5.74) is 5.58. The number of hydrogen-bond acceptors (Lipinski definition) is 5. The summed E-state index contributed by atoms with van der Waals surface area (Å²) in [6.45, 7) is 15.7. The minimum Gasteiger partial charge on any atom is -0.428 e. The number of allylic oxidation sites excluding steroid dienone is 7. The van der Waals surface area contributed by atoms with Crippen LogP contribution in [0.3, 0.4) is 0 Å². The molecule has 0 spiro atoms. The number of aryl methyl sites for hydroxylation is 1. The van der Waals surface area contributed by atoms with Gasteiger partial charge in [0.15, 0.2) is 0 Å². The van der Waals surface area contributed by atoms with Crippen molar-refractivity contribution in [3.63, 3.8) is 0 Å². The van der Waals surface area contributed by atoms with Gasteiger partial charge in [-0.3, -0.25) is 0 Å². The lowest BCUT2D eigenvalue weighted by Crippen LogP contribution is -2.29. The highest BCUT2D eigenvalue weighted by molar-refractivity contribution is 5.25. The Morgan fingerprint density at radius 2 is 1.65 bits per heavy atom. The van der Waals surface area contributed by atoms with Gasteiger partial charge in [-0.2, -0.15) is 0 Å². The molecule has 0 saturated carbocycles. The molecule has 0 aliphatic carbocycles. The van der Waals surface area contributed by atoms with E-state index in [1.165, 1.54) is 11.1 Å². The molecule has 0 aliphatic heterocycles. The molecular weight excluding hydrogens is 464 g/mol. The maximum absolute atomic E-state index is 11.9. The van der Waals surface area contributed by atoms with Gasteiger partial charge in [0.1, 0.15) is 5.76 Å². The Morgan fingerprint density at radius 1 is 0.973 bits per heavy atom. The first-order valence-electron chi connectivity index (χ1n) is 13.3. The van der Waals surface area contributed by atoms with Gasteiger partial charge < -0.3 is 19.7 Å². The van der Waals surface area contributed by atoms with Gasteiger partial charge in [-0.05, 0) is 90.5 Å². The van der Waals surface area contributed by atoms with Gasteiger partial charge in [0, 0.05) is 17.9 Å². The van der Waals surface area contributed by atoms with Crippen molar-refractivity contribution in [1.82, 2.24) is 0 Å². The largest absolute Gasteiger partial charge is 0.428 e. The summed E-state index contributed by atoms with van der Waals surface area (Å²) in [6, 6.07) is 3.53. The molecule has 0 radical (unpaired) electrons. The fourth-order valence-corrected chi connectivity index (χ4v) is 4.11. The molecule has 5 nitrogen and oxygen atoms in total. The lowest BCUT2D eigenvalue weighted by atomic mass is 9.91. The zero-order chi connectivity index (χ0) is 28.1. The van der Waals surface area contributed by atoms with E-state index >= 15 is 0 Å². The van der Waals surface area contributed by atoms with Crippen LogP contribution in [0.25, 0.3) is 0 Å². The Hall–Kier alpha value is -2.47. The lowest BCUT2D eigenvalue weighted by molar-refractivity contribution is 0.0415. The van der Waals surface area contributed by atoms with Crippen molar-refractivity contribution in [2.75, 3.05) is 0 Å². The fourth-order valence-electron chi connectivity index (χ4n) is 4.11. The molecule has 0 bridgehead atoms. The van der Waals surface area contributed by atoms with Gasteiger partial charge in [-0.1, -0.05) is 60.9 Å². The van der Waals surface area contributed by atoms with Crippen LogP contribution >= 0.6 is 0 Å². The summed E-state index contributed by atoms with van der Waals surface area (Å²) in [5.74, 6) is 0.259. The van der Waals surface area contributed by atoms with Crippen LogP contribution in [-0.2, 0) is 12.8 Å². The van der Waals surface area contributed by atoms with E-state index in [4.69, 9.17) is 4.42 Å². The summed E-state index contributed by atoms with van der Waals surface area (Å²) in [4.78, 5) is 11.9. The second-order valence-electron chi connectivity index (χ2n) is 10.3. The monoisotopic (exact) mass is 512 g/mol. The SMILES string of the molecule is C/C=C(\C)[C@@H](O)[C@H](C)[C@H](O)C/C=C(C)/C=C(\C)C/C(C)=C/C/C=C(\C)[C@@H](O)Cc1ccc(CC)c(=O)o1. The number of rotatable bonds is 14. The zero-order valence-electron chi connectivity index (χ0n) is 24.0. The third-order valence-electron chi connectivity index (χ3n) is 6.90. The van der Waals surface area contributed by atoms with Crippen LogP contribution in [-0.4, -0.2) is 33.6 Å². The molecule has 5 heteroatoms. The third-order valence-corrected chi connectivity index (χ3v) is 6.90. The number of aliphatic hydroxyl groups is 3. The second kappa shape index (κ2) is 16.4. The van der Waals surface area contributed by atoms with Gasteiger partial charge in [0.2, 0.25) is 0 Å². The molecule has 1 rings (SSSR count). The highest BCUT2D eigenvalue weighted by Gasteiger charge is 2.22. The van der Waals surface area contributed by atoms with Crippen LogP contribution in [0.5, 0.6) is 0 Å². The molecule has 37 heavy (non-hydrogen) atoms. The molecule has 0 aromatic carbocycles. The van der Waals surface area contributed by atoms with E-state index in [1.807, 2.05) is 59.8 Å². The fraction of sp³-hybridized carbons (Fsp3) is 0.531. The Morgan fingerprint density at radius 3 is 2.24 bits per heavy atom. The molecule has 1 aromatic heterocycles. The summed E-state index contributed by atoms with van der Waals surface area (Å²) in [6.07, 6.45) is 11.2. The van der Waals surface area contributed by atoms with Crippen molar-refractivity contribution in [1.29, 1.82) is 0 Å². The van der Waals surface area contributed by atoms with Crippen LogP contribution < -0.4 is 5.63 Å². The molecule has 0 saturated heterocycles. The predicted molar refractivity (Wildman–Crippen MR) is 154 cm³/mol. The van der Waals surface area contributed by atoms with Crippen LogP contribution in [0.2, 0.25) is 0 Å². The van der Waals surface area contributed by atoms with Crippen LogP contribution in [0.4, 0.5) is 0 Å². The highest BCUT2D eigenvalue weighted by atomic mass is 16.4. The van der Waals surface area contributed by atoms with Crippen LogP contribution in [0.15, 0.2) is 79.6 Å². The molecular formula is C32H48O5. The average Bonchev–Trinajstić information content (AvgIpc) is 2.85. The smallest absolute Gasteiger partial charge is 0.339 e. The highest BCUT2D eigenvalue weighted by Crippen LogP contribution is 2.20. The van der Waals surface area contributed by atoms with E-state index < -0.39 is 18.3 Å². The summed E-state index contributed by atoms with van der Waals surface area (Å²) >= 11 is 0. The first-order valence-corrected chi connectivity index (χ1v) is 13.3. The molecule has 1 heterocycles. The van der Waals surface area contributed by atoms with E-state index in [1.54, 1.807) is 12.1 Å². The Bertz CT molecular complexity index is 1070. The van der Waals surface area contributed by atoms with Gasteiger partial charge in [0.05, 0.1) is 18.3 Å². The maximum atomic E-state index is 11.9. The molecule has 206 valence electrons. The van der Waals surface area contributed by atoms with E-state index in [0.29, 0.717) is 30.6 Å². The van der Waals surface area contributed by atoms with Crippen LogP contribution in [0, 0.1) is 5.92 Å². The van der Waals surface area contributed by atoms with Gasteiger partial charge in [0.25, 0.3) is 0 Å². The summed E-state index contributed by atoms with van der Waals surface area (Å²) < 4.78 is 5.31. The maximum Gasteiger partial charge on any atom is 0.339 e. The first-order chi connectivity index (χ1) is 17.4. The topological polar surface area (TPSA) is 90.9 Å². The van der Waals surface area contributed by atoms with E-state index in [2.05, 4.69) is 26.0 Å². The molecule has 0 fully saturated rings. The lowest BCUT2D eigenvalue weighted by Gasteiger charge is -2.24. The zero-order valence-corrected chi connectivity index (χ0v) is 24.0. The Labute approximate surface area is 223 Å². The number of aliphatic hydroxyl groups excluding tert-OH is 3. The van der Waals surface area contributed by atoms with Gasteiger partial charge >= 0.3 is 5.63 Å². The van der Waals surface area contributed by atoms with E-state index in [0.717, 1.165) is 23.1 Å². The van der Waals surface area contributed by atoms with Crippen molar-refractivity contribution in [2.24, 2.45) is 5.92 Å². The normalized spacial score (nSPS) is 17.5. The number of hydrogen-bond donors (Lipinski definition) is 3. The Kier molecular flexibility index (Phi) is 14.4. The third kappa shape index (κ3) is 11.6. The predicted octanol–water partition coefficient (Wildman–Crippen LogP) is 6.39. The standard InChI is InChI=1S/C32H48O5/c1-9-24(6)31(35)26(8)29(33)17-14-22(4)19-23(5)18-21(3)12-11-13-25(7)30(34)20-28-16-15-27(10-2)32(36)37-28/h9,12-16,19,26,29-31,33-35H,10-11,17-18,20H2,1-8H3/b21-12+,22-14+,23-19+,24-9+,25-13+/t26-,29-,30+,31-/m1/s1. The van der Waals surface area contributed by atoms with Gasteiger partial charge in [-0.15, -0.1) is 0 Å². The molecule has 3 N–H and O–H groups in total. The second-order valence-corrected chi connectivity index (χ2v) is 10.3. The average molecular weight is 513 g/mol. The summed E-state index contributed by atoms with van der Waals surface area (Å²) in [5, 5.41) is 31.2. The van der Waals surface area contributed by atoms with Crippen molar-refractivity contribution >= 4 is 0 Å². The quantitative estimate of drug-likeness (QED) is 0.199. The van der Waals surface area contributed by atoms with E-state index in [9.17, 15) is 20.1 Å². The van der Waals surface area contributed by atoms with Crippen LogP contribution in [0.1, 0.15) is 86.0 Å². The van der Waals surface area contributed by atoms with Crippen molar-refractivity contribution in [3.05, 3.63) is 92.1 Å². The molecule has 0 amide bonds. The molecule has 4 atom stereocenters. The molecule has 0 unspecified atom stereocenters. The molecule has 1 aromatic rings. The van der Waals surface area contributed by atoms with Crippen molar-refractivity contribution in [2.45, 2.75) is 106 Å². The van der Waals surface area contributed by atoms with E-state index in [-0.39, 0.29) is 18.0 Å². The van der Waals surface area contributed by atoms with Crippen molar-refractivity contribution < 1.29 is 19.7 Å². The minimum absolute atomic E-state index is 0.231. The first kappa shape index (κ1) is 32.6.